The van der Waals surface area contributed by atoms with E-state index in [9.17, 15) is 4.79 Å². The molecule has 19 heavy (non-hydrogen) atoms. The number of hydrogen-bond acceptors (Lipinski definition) is 2. The Balaban J connectivity index is 2.58. The molecule has 0 N–H and O–H groups in total. The molecule has 0 saturated carbocycles. The fourth-order valence-corrected chi connectivity index (χ4v) is 2.85. The zero-order valence-corrected chi connectivity index (χ0v) is 11.3. The van der Waals surface area contributed by atoms with E-state index in [1.807, 2.05) is 36.4 Å². The second kappa shape index (κ2) is 6.12. The van der Waals surface area contributed by atoms with E-state index in [2.05, 4.69) is 13.2 Å². The van der Waals surface area contributed by atoms with Crippen LogP contribution in [0.2, 0.25) is 0 Å². The van der Waals surface area contributed by atoms with Gasteiger partial charge < -0.3 is 0 Å². The molecule has 0 bridgehead atoms. The summed E-state index contributed by atoms with van der Waals surface area (Å²) in [5.41, 5.74) is 1.97. The van der Waals surface area contributed by atoms with E-state index in [1.54, 1.807) is 35.6 Å². The van der Waals surface area contributed by atoms with Crippen molar-refractivity contribution < 1.29 is 0 Å². The van der Waals surface area contributed by atoms with E-state index in [1.165, 1.54) is 0 Å². The summed E-state index contributed by atoms with van der Waals surface area (Å²) in [5, 5.41) is 0. The molecule has 0 aliphatic rings. The van der Waals surface area contributed by atoms with Gasteiger partial charge in [0.2, 0.25) is 0 Å². The average molecular weight is 266 g/mol. The Morgan fingerprint density at radius 2 is 1.84 bits per heavy atom. The van der Waals surface area contributed by atoms with E-state index in [-0.39, 0.29) is 5.43 Å². The zero-order chi connectivity index (χ0) is 13.7. The minimum Gasteiger partial charge on any atom is -0.290 e. The highest BCUT2D eigenvalue weighted by atomic mass is 32.1. The van der Waals surface area contributed by atoms with Crippen LogP contribution in [-0.4, -0.2) is 0 Å². The fourth-order valence-electron chi connectivity index (χ4n) is 1.74. The lowest BCUT2D eigenvalue weighted by molar-refractivity contribution is 1.61. The molecule has 1 heterocycles. The first-order valence-corrected chi connectivity index (χ1v) is 6.72. The highest BCUT2D eigenvalue weighted by Gasteiger charge is 2.04. The van der Waals surface area contributed by atoms with E-state index in [0.29, 0.717) is 0 Å². The summed E-state index contributed by atoms with van der Waals surface area (Å²) >= 11 is 1.58. The first-order chi connectivity index (χ1) is 9.24. The van der Waals surface area contributed by atoms with Crippen LogP contribution in [0.1, 0.15) is 4.88 Å². The van der Waals surface area contributed by atoms with Crippen LogP contribution in [0, 0.1) is 0 Å². The molecule has 2 rings (SSSR count). The molecule has 0 aliphatic heterocycles. The highest BCUT2D eigenvalue weighted by Crippen LogP contribution is 2.28. The molecule has 1 nitrogen and oxygen atoms in total. The smallest absolute Gasteiger partial charge is 0.181 e. The first kappa shape index (κ1) is 13.2. The third-order valence-electron chi connectivity index (χ3n) is 2.63. The lowest BCUT2D eigenvalue weighted by atomic mass is 10.1. The van der Waals surface area contributed by atoms with Crippen molar-refractivity contribution in [1.82, 2.24) is 0 Å². The van der Waals surface area contributed by atoms with E-state index in [4.69, 9.17) is 0 Å². The molecule has 2 aromatic rings. The number of hydrogen-bond donors (Lipinski definition) is 0. The second-order valence-electron chi connectivity index (χ2n) is 3.95. The van der Waals surface area contributed by atoms with Gasteiger partial charge in [-0.05, 0) is 11.1 Å². The SMILES string of the molecule is C=C/C=C(\C=C)c1cc(=O)cc(-c2ccccc2)s1. The van der Waals surface area contributed by atoms with E-state index < -0.39 is 0 Å². The third-order valence-corrected chi connectivity index (χ3v) is 3.77. The Bertz CT molecular complexity index is 678. The summed E-state index contributed by atoms with van der Waals surface area (Å²) in [7, 11) is 0. The van der Waals surface area contributed by atoms with Gasteiger partial charge in [-0.1, -0.05) is 61.7 Å². The fraction of sp³-hybridized carbons (Fsp3) is 0. The molecular formula is C17H14OS. The summed E-state index contributed by atoms with van der Waals surface area (Å²) in [6.45, 7) is 7.46. The zero-order valence-electron chi connectivity index (χ0n) is 10.5. The minimum atomic E-state index is 0.00409. The molecule has 1 aromatic heterocycles. The predicted molar refractivity (Wildman–Crippen MR) is 84.4 cm³/mol. The quantitative estimate of drug-likeness (QED) is 0.743. The van der Waals surface area contributed by atoms with Gasteiger partial charge in [0.25, 0.3) is 0 Å². The highest BCUT2D eigenvalue weighted by molar-refractivity contribution is 7.16. The van der Waals surface area contributed by atoms with Gasteiger partial charge in [0.15, 0.2) is 5.43 Å². The Labute approximate surface area is 116 Å². The van der Waals surface area contributed by atoms with Gasteiger partial charge in [-0.15, -0.1) is 11.3 Å². The first-order valence-electron chi connectivity index (χ1n) is 5.90. The predicted octanol–water partition coefficient (Wildman–Crippen LogP) is 4.53. The Morgan fingerprint density at radius 1 is 1.11 bits per heavy atom. The molecule has 94 valence electrons. The maximum absolute atomic E-state index is 11.8. The van der Waals surface area contributed by atoms with E-state index >= 15 is 0 Å². The van der Waals surface area contributed by atoms with Crippen molar-refractivity contribution in [2.75, 3.05) is 0 Å². The van der Waals surface area contributed by atoms with Gasteiger partial charge in [0.05, 0.1) is 0 Å². The maximum atomic E-state index is 11.8. The van der Waals surface area contributed by atoms with Crippen LogP contribution < -0.4 is 5.43 Å². The van der Waals surface area contributed by atoms with Gasteiger partial charge in [-0.2, -0.15) is 0 Å². The summed E-state index contributed by atoms with van der Waals surface area (Å²) in [6, 6.07) is 13.2. The van der Waals surface area contributed by atoms with Crippen molar-refractivity contribution in [3.8, 4) is 10.4 Å². The summed E-state index contributed by atoms with van der Waals surface area (Å²) in [6.07, 6.45) is 5.29. The molecular weight excluding hydrogens is 252 g/mol. The number of rotatable bonds is 4. The summed E-state index contributed by atoms with van der Waals surface area (Å²) in [5.74, 6) is 0. The maximum Gasteiger partial charge on any atom is 0.181 e. The van der Waals surface area contributed by atoms with Crippen LogP contribution in [0.15, 0.2) is 78.6 Å². The molecule has 0 saturated heterocycles. The van der Waals surface area contributed by atoms with E-state index in [0.717, 1.165) is 20.9 Å². The average Bonchev–Trinajstić information content (AvgIpc) is 2.45. The molecule has 0 spiro atoms. The van der Waals surface area contributed by atoms with Crippen molar-refractivity contribution in [2.45, 2.75) is 0 Å². The molecule has 0 fully saturated rings. The molecule has 0 aliphatic carbocycles. The van der Waals surface area contributed by atoms with Gasteiger partial charge in [-0.25, -0.2) is 0 Å². The summed E-state index contributed by atoms with van der Waals surface area (Å²) < 4.78 is 0. The van der Waals surface area contributed by atoms with Gasteiger partial charge in [-0.3, -0.25) is 4.79 Å². The Hall–Kier alpha value is -2.19. The molecule has 0 radical (unpaired) electrons. The molecule has 2 heteroatoms. The molecule has 1 aromatic carbocycles. The monoisotopic (exact) mass is 266 g/mol. The lowest BCUT2D eigenvalue weighted by Crippen LogP contribution is -1.97. The lowest BCUT2D eigenvalue weighted by Gasteiger charge is -2.04. The second-order valence-corrected chi connectivity index (χ2v) is 5.03. The van der Waals surface area contributed by atoms with Crippen molar-refractivity contribution in [3.05, 3.63) is 89.0 Å². The largest absolute Gasteiger partial charge is 0.290 e. The number of benzene rings is 1. The van der Waals surface area contributed by atoms with Crippen LogP contribution in [0.3, 0.4) is 0 Å². The van der Waals surface area contributed by atoms with Crippen molar-refractivity contribution in [3.63, 3.8) is 0 Å². The van der Waals surface area contributed by atoms with Crippen molar-refractivity contribution in [2.24, 2.45) is 0 Å². The van der Waals surface area contributed by atoms with Crippen LogP contribution in [-0.2, 0) is 0 Å². The van der Waals surface area contributed by atoms with Crippen LogP contribution >= 0.6 is 11.3 Å². The van der Waals surface area contributed by atoms with Crippen LogP contribution in [0.5, 0.6) is 0 Å². The molecule has 0 amide bonds. The minimum absolute atomic E-state index is 0.00409. The van der Waals surface area contributed by atoms with Gasteiger partial charge >= 0.3 is 0 Å². The summed E-state index contributed by atoms with van der Waals surface area (Å²) in [4.78, 5) is 13.7. The van der Waals surface area contributed by atoms with Crippen molar-refractivity contribution in [1.29, 1.82) is 0 Å². The molecule has 0 unspecified atom stereocenters. The van der Waals surface area contributed by atoms with Gasteiger partial charge in [0, 0.05) is 21.9 Å². The Kier molecular flexibility index (Phi) is 4.26. The normalized spacial score (nSPS) is 11.1. The third kappa shape index (κ3) is 3.18. The van der Waals surface area contributed by atoms with Gasteiger partial charge in [0.1, 0.15) is 0 Å². The van der Waals surface area contributed by atoms with Crippen molar-refractivity contribution >= 4 is 16.9 Å². The van der Waals surface area contributed by atoms with Crippen LogP contribution in [0.4, 0.5) is 0 Å². The standard InChI is InChI=1S/C17H14OS/c1-3-8-13(4-2)16-11-15(18)12-17(19-16)14-9-6-5-7-10-14/h3-12H,1-2H2/b13-8+. The van der Waals surface area contributed by atoms with Crippen LogP contribution in [0.25, 0.3) is 16.0 Å². The topological polar surface area (TPSA) is 17.1 Å². The molecule has 0 atom stereocenters. The number of allylic oxidation sites excluding steroid dienone is 4. The Morgan fingerprint density at radius 3 is 2.47 bits per heavy atom.